The number of imide groups is 1. The van der Waals surface area contributed by atoms with Gasteiger partial charge >= 0.3 is 6.09 Å². The van der Waals surface area contributed by atoms with Crippen molar-refractivity contribution in [3.8, 4) is 0 Å². The Morgan fingerprint density at radius 2 is 1.85 bits per heavy atom. The van der Waals surface area contributed by atoms with Crippen molar-refractivity contribution in [2.24, 2.45) is 5.41 Å². The molecule has 1 unspecified atom stereocenters. The Morgan fingerprint density at radius 3 is 2.41 bits per heavy atom. The lowest BCUT2D eigenvalue weighted by molar-refractivity contribution is -0.134. The number of carbonyl (C=O) groups is 4. The molecule has 3 aliphatic rings. The third kappa shape index (κ3) is 5.10. The van der Waals surface area contributed by atoms with Gasteiger partial charge in [0.05, 0.1) is 11.4 Å². The molecular formula is C24H35N5O5. The number of anilines is 3. The molecule has 4 rings (SSSR count). The lowest BCUT2D eigenvalue weighted by Gasteiger charge is -2.60. The largest absolute Gasteiger partial charge is 0.444 e. The highest BCUT2D eigenvalue weighted by atomic mass is 16.6. The summed E-state index contributed by atoms with van der Waals surface area (Å²) in [6, 6.07) is 5.81. The number of nitrogens with one attached hydrogen (secondary N) is 2. The number of rotatable bonds is 4. The molecular weight excluding hydrogens is 438 g/mol. The van der Waals surface area contributed by atoms with Crippen LogP contribution in [-0.2, 0) is 19.1 Å². The average molecular weight is 474 g/mol. The van der Waals surface area contributed by atoms with E-state index in [1.807, 2.05) is 52.6 Å². The Bertz CT molecular complexity index is 946. The van der Waals surface area contributed by atoms with Crippen LogP contribution < -0.4 is 20.4 Å². The molecule has 0 bridgehead atoms. The van der Waals surface area contributed by atoms with Gasteiger partial charge in [-0.1, -0.05) is 0 Å². The number of carbonyl (C=O) groups excluding carboxylic acids is 4. The van der Waals surface area contributed by atoms with Gasteiger partial charge in [0, 0.05) is 57.8 Å². The van der Waals surface area contributed by atoms with E-state index >= 15 is 0 Å². The van der Waals surface area contributed by atoms with Crippen LogP contribution >= 0.6 is 0 Å². The van der Waals surface area contributed by atoms with Gasteiger partial charge in [0.2, 0.25) is 11.8 Å². The summed E-state index contributed by atoms with van der Waals surface area (Å²) in [7, 11) is 3.75. The standard InChI is InChI=1S/C23H33N5O4.CH2O/c1-22(2,3)32-21(31)28-13-23(14-28)11-27(12-23)15-6-7-17(16(10-15)24-4)26(5)18-8-9-19(29)25-20(18)30;1-2/h6-7,10,18,24H,8-9,11-14H2,1-5H3,(H,25,29,30);1H2. The topological polar surface area (TPSA) is 111 Å². The molecule has 0 saturated carbocycles. The molecule has 186 valence electrons. The summed E-state index contributed by atoms with van der Waals surface area (Å²) in [4.78, 5) is 50.0. The first-order valence-electron chi connectivity index (χ1n) is 11.4. The van der Waals surface area contributed by atoms with Crippen molar-refractivity contribution in [2.75, 3.05) is 55.4 Å². The zero-order valence-corrected chi connectivity index (χ0v) is 20.6. The highest BCUT2D eigenvalue weighted by Gasteiger charge is 2.54. The Balaban J connectivity index is 0.00000158. The highest BCUT2D eigenvalue weighted by Crippen LogP contribution is 2.43. The van der Waals surface area contributed by atoms with Gasteiger partial charge in [0.15, 0.2) is 0 Å². The Hall–Kier alpha value is -3.30. The molecule has 0 radical (unpaired) electrons. The van der Waals surface area contributed by atoms with Crippen LogP contribution in [0.5, 0.6) is 0 Å². The van der Waals surface area contributed by atoms with Crippen LogP contribution in [0.15, 0.2) is 18.2 Å². The summed E-state index contributed by atoms with van der Waals surface area (Å²) in [5, 5.41) is 5.66. The summed E-state index contributed by atoms with van der Waals surface area (Å²) < 4.78 is 5.46. The smallest absolute Gasteiger partial charge is 0.410 e. The zero-order valence-electron chi connectivity index (χ0n) is 20.6. The number of hydrogen-bond donors (Lipinski definition) is 2. The molecule has 3 aliphatic heterocycles. The van der Waals surface area contributed by atoms with Crippen molar-refractivity contribution in [2.45, 2.75) is 45.3 Å². The molecule has 3 amide bonds. The van der Waals surface area contributed by atoms with Crippen LogP contribution in [0.2, 0.25) is 0 Å². The van der Waals surface area contributed by atoms with Crippen LogP contribution in [0.25, 0.3) is 0 Å². The minimum absolute atomic E-state index is 0.152. The van der Waals surface area contributed by atoms with Crippen LogP contribution in [-0.4, -0.2) is 81.5 Å². The molecule has 10 nitrogen and oxygen atoms in total. The summed E-state index contributed by atoms with van der Waals surface area (Å²) in [6.07, 6.45) is 0.624. The second kappa shape index (κ2) is 9.52. The van der Waals surface area contributed by atoms with Gasteiger partial charge in [-0.2, -0.15) is 0 Å². The van der Waals surface area contributed by atoms with Crippen molar-refractivity contribution < 1.29 is 23.9 Å². The van der Waals surface area contributed by atoms with Crippen LogP contribution in [0.3, 0.4) is 0 Å². The fourth-order valence-corrected chi connectivity index (χ4v) is 4.81. The minimum atomic E-state index is -0.474. The van der Waals surface area contributed by atoms with E-state index < -0.39 is 5.60 Å². The van der Waals surface area contributed by atoms with E-state index in [9.17, 15) is 14.4 Å². The average Bonchev–Trinajstić information content (AvgIpc) is 2.71. The van der Waals surface area contributed by atoms with Crippen molar-refractivity contribution in [3.05, 3.63) is 18.2 Å². The molecule has 3 saturated heterocycles. The van der Waals surface area contributed by atoms with E-state index in [-0.39, 0.29) is 29.4 Å². The van der Waals surface area contributed by atoms with E-state index in [0.717, 1.165) is 43.2 Å². The van der Waals surface area contributed by atoms with Crippen LogP contribution in [0, 0.1) is 5.41 Å². The van der Waals surface area contributed by atoms with E-state index in [0.29, 0.717) is 12.8 Å². The first-order valence-corrected chi connectivity index (χ1v) is 11.4. The van der Waals surface area contributed by atoms with Crippen LogP contribution in [0.4, 0.5) is 21.9 Å². The lowest BCUT2D eigenvalue weighted by atomic mass is 9.73. The molecule has 1 aromatic carbocycles. The number of benzene rings is 1. The number of likely N-dealkylation sites (tertiary alicyclic amines) is 1. The minimum Gasteiger partial charge on any atom is -0.444 e. The van der Waals surface area contributed by atoms with Crippen molar-refractivity contribution in [1.82, 2.24) is 10.2 Å². The summed E-state index contributed by atoms with van der Waals surface area (Å²) >= 11 is 0. The van der Waals surface area contributed by atoms with E-state index in [2.05, 4.69) is 27.7 Å². The number of amides is 3. The van der Waals surface area contributed by atoms with Gasteiger partial charge in [-0.25, -0.2) is 4.79 Å². The van der Waals surface area contributed by atoms with E-state index in [4.69, 9.17) is 9.53 Å². The summed E-state index contributed by atoms with van der Waals surface area (Å²) in [5.74, 6) is -0.462. The molecule has 10 heteroatoms. The van der Waals surface area contributed by atoms with Gasteiger partial charge in [0.25, 0.3) is 0 Å². The first-order chi connectivity index (χ1) is 16.0. The van der Waals surface area contributed by atoms with E-state index in [1.54, 1.807) is 4.90 Å². The summed E-state index contributed by atoms with van der Waals surface area (Å²) in [5.41, 5.74) is 2.63. The Kier molecular flexibility index (Phi) is 7.09. The molecule has 34 heavy (non-hydrogen) atoms. The lowest BCUT2D eigenvalue weighted by Crippen LogP contribution is -2.73. The SMILES string of the molecule is C=O.CNc1cc(N2CC3(CN(C(=O)OC(C)(C)C)C3)C2)ccc1N(C)C1CCC(=O)NC1=O. The van der Waals surface area contributed by atoms with Crippen molar-refractivity contribution in [3.63, 3.8) is 0 Å². The molecule has 0 aliphatic carbocycles. The van der Waals surface area contributed by atoms with E-state index in [1.165, 1.54) is 0 Å². The zero-order chi connectivity index (χ0) is 25.3. The van der Waals surface area contributed by atoms with Crippen molar-refractivity contribution in [1.29, 1.82) is 0 Å². The third-order valence-corrected chi connectivity index (χ3v) is 6.43. The quantitative estimate of drug-likeness (QED) is 0.638. The molecule has 0 aromatic heterocycles. The number of likely N-dealkylation sites (N-methyl/N-ethyl adjacent to an activating group) is 1. The predicted molar refractivity (Wildman–Crippen MR) is 130 cm³/mol. The maximum atomic E-state index is 12.3. The maximum absolute atomic E-state index is 12.3. The second-order valence-corrected chi connectivity index (χ2v) is 10.2. The Labute approximate surface area is 200 Å². The van der Waals surface area contributed by atoms with Gasteiger partial charge in [-0.05, 0) is 45.4 Å². The highest BCUT2D eigenvalue weighted by molar-refractivity contribution is 6.02. The first kappa shape index (κ1) is 25.3. The number of piperidine rings is 1. The fourth-order valence-electron chi connectivity index (χ4n) is 4.81. The predicted octanol–water partition coefficient (Wildman–Crippen LogP) is 1.84. The molecule has 2 N–H and O–H groups in total. The monoisotopic (exact) mass is 473 g/mol. The van der Waals surface area contributed by atoms with Gasteiger partial charge in [-0.15, -0.1) is 0 Å². The maximum Gasteiger partial charge on any atom is 0.410 e. The molecule has 1 aromatic rings. The number of nitrogens with zero attached hydrogens (tertiary/aromatic N) is 3. The van der Waals surface area contributed by atoms with Gasteiger partial charge < -0.3 is 29.5 Å². The second-order valence-electron chi connectivity index (χ2n) is 10.2. The molecule has 3 heterocycles. The normalized spacial score (nSPS) is 20.9. The fraction of sp³-hybridized carbons (Fsp3) is 0.583. The van der Waals surface area contributed by atoms with Gasteiger partial charge in [-0.3, -0.25) is 14.9 Å². The molecule has 1 atom stereocenters. The Morgan fingerprint density at radius 1 is 1.21 bits per heavy atom. The van der Waals surface area contributed by atoms with Crippen LogP contribution in [0.1, 0.15) is 33.6 Å². The number of hydrogen-bond acceptors (Lipinski definition) is 8. The molecule has 3 fully saturated rings. The van der Waals surface area contributed by atoms with Gasteiger partial charge in [0.1, 0.15) is 18.4 Å². The molecule has 1 spiro atoms. The summed E-state index contributed by atoms with van der Waals surface area (Å²) in [6.45, 7) is 10.9. The van der Waals surface area contributed by atoms with Crippen molar-refractivity contribution >= 4 is 41.8 Å². The third-order valence-electron chi connectivity index (χ3n) is 6.43. The number of ether oxygens (including phenoxy) is 1.